The highest BCUT2D eigenvalue weighted by molar-refractivity contribution is 6.64. The van der Waals surface area contributed by atoms with Crippen molar-refractivity contribution in [1.82, 2.24) is 4.90 Å². The fourth-order valence-corrected chi connectivity index (χ4v) is 1.19. The lowest BCUT2D eigenvalue weighted by Crippen LogP contribution is -2.33. The van der Waals surface area contributed by atoms with E-state index in [0.717, 1.165) is 4.90 Å². The van der Waals surface area contributed by atoms with E-state index in [1.54, 1.807) is 6.07 Å². The van der Waals surface area contributed by atoms with Crippen molar-refractivity contribution < 1.29 is 14.0 Å². The van der Waals surface area contributed by atoms with E-state index in [9.17, 15) is 9.59 Å². The van der Waals surface area contributed by atoms with E-state index in [1.165, 1.54) is 12.3 Å². The Hall–Kier alpha value is -1.29. The van der Waals surface area contributed by atoms with E-state index >= 15 is 0 Å². The molecule has 76 valence electrons. The first-order valence-electron chi connectivity index (χ1n) is 4.21. The van der Waals surface area contributed by atoms with Gasteiger partial charge in [0.2, 0.25) is 0 Å². The van der Waals surface area contributed by atoms with Crippen LogP contribution in [-0.2, 0) is 0 Å². The number of imide groups is 1. The van der Waals surface area contributed by atoms with Gasteiger partial charge in [-0.25, -0.2) is 0 Å². The van der Waals surface area contributed by atoms with Crippen molar-refractivity contribution in [2.24, 2.45) is 0 Å². The minimum absolute atomic E-state index is 0.118. The lowest BCUT2D eigenvalue weighted by Gasteiger charge is -2.14. The maximum absolute atomic E-state index is 11.6. The van der Waals surface area contributed by atoms with Crippen LogP contribution in [0.25, 0.3) is 0 Å². The highest BCUT2D eigenvalue weighted by atomic mass is 35.5. The van der Waals surface area contributed by atoms with Crippen LogP contribution < -0.4 is 0 Å². The second-order valence-corrected chi connectivity index (χ2v) is 3.01. The summed E-state index contributed by atoms with van der Waals surface area (Å²) in [6, 6.07) is 3.07. The molecule has 5 heteroatoms. The Morgan fingerprint density at radius 2 is 2.29 bits per heavy atom. The average Bonchev–Trinajstić information content (AvgIpc) is 2.65. The molecule has 2 amide bonds. The summed E-state index contributed by atoms with van der Waals surface area (Å²) in [7, 11) is 0. The van der Waals surface area contributed by atoms with Gasteiger partial charge in [-0.2, -0.15) is 0 Å². The third-order valence-electron chi connectivity index (χ3n) is 1.64. The number of rotatable bonds is 3. The maximum Gasteiger partial charge on any atom is 0.323 e. The van der Waals surface area contributed by atoms with Gasteiger partial charge in [-0.05, 0) is 30.2 Å². The van der Waals surface area contributed by atoms with E-state index in [2.05, 4.69) is 0 Å². The molecule has 0 aliphatic rings. The molecule has 0 N–H and O–H groups in total. The van der Waals surface area contributed by atoms with Crippen LogP contribution in [0.3, 0.4) is 0 Å². The molecule has 4 nitrogen and oxygen atoms in total. The van der Waals surface area contributed by atoms with Crippen LogP contribution in [0, 0.1) is 0 Å². The smallest absolute Gasteiger partial charge is 0.323 e. The highest BCUT2D eigenvalue weighted by Crippen LogP contribution is 2.08. The van der Waals surface area contributed by atoms with Crippen molar-refractivity contribution in [1.29, 1.82) is 0 Å². The van der Waals surface area contributed by atoms with Crippen LogP contribution in [0.4, 0.5) is 4.79 Å². The summed E-state index contributed by atoms with van der Waals surface area (Å²) < 4.78 is 4.87. The second-order valence-electron chi connectivity index (χ2n) is 2.69. The van der Waals surface area contributed by atoms with E-state index < -0.39 is 11.3 Å². The summed E-state index contributed by atoms with van der Waals surface area (Å²) in [4.78, 5) is 23.4. The van der Waals surface area contributed by atoms with Gasteiger partial charge >= 0.3 is 5.37 Å². The number of amides is 2. The minimum atomic E-state index is -0.784. The molecule has 0 saturated heterocycles. The quantitative estimate of drug-likeness (QED) is 0.575. The molecule has 0 spiro atoms. The van der Waals surface area contributed by atoms with Gasteiger partial charge in [0, 0.05) is 6.54 Å². The van der Waals surface area contributed by atoms with Gasteiger partial charge < -0.3 is 4.42 Å². The van der Waals surface area contributed by atoms with Gasteiger partial charge in [-0.1, -0.05) is 6.92 Å². The first-order chi connectivity index (χ1) is 6.66. The normalized spacial score (nSPS) is 9.86. The minimum Gasteiger partial charge on any atom is -0.459 e. The lowest BCUT2D eigenvalue weighted by molar-refractivity contribution is 0.0789. The molecule has 0 unspecified atom stereocenters. The third kappa shape index (κ3) is 2.35. The van der Waals surface area contributed by atoms with Gasteiger partial charge in [0.15, 0.2) is 5.76 Å². The fourth-order valence-electron chi connectivity index (χ4n) is 1.03. The van der Waals surface area contributed by atoms with E-state index in [4.69, 9.17) is 16.0 Å². The molecular weight excluding hydrogens is 206 g/mol. The number of hydrogen-bond donors (Lipinski definition) is 0. The molecule has 1 rings (SSSR count). The zero-order valence-corrected chi connectivity index (χ0v) is 8.45. The topological polar surface area (TPSA) is 50.5 Å². The first-order valence-corrected chi connectivity index (χ1v) is 4.59. The predicted octanol–water partition coefficient (Wildman–Crippen LogP) is 2.49. The molecule has 0 radical (unpaired) electrons. The van der Waals surface area contributed by atoms with E-state index in [-0.39, 0.29) is 5.76 Å². The van der Waals surface area contributed by atoms with Crippen molar-refractivity contribution in [2.45, 2.75) is 13.3 Å². The molecule has 0 aromatic carbocycles. The fraction of sp³-hybridized carbons (Fsp3) is 0.333. The van der Waals surface area contributed by atoms with Crippen LogP contribution in [0.5, 0.6) is 0 Å². The van der Waals surface area contributed by atoms with Crippen molar-refractivity contribution in [2.75, 3.05) is 6.54 Å². The van der Waals surface area contributed by atoms with Gasteiger partial charge in [0.25, 0.3) is 5.91 Å². The second kappa shape index (κ2) is 4.81. The van der Waals surface area contributed by atoms with Gasteiger partial charge in [-0.15, -0.1) is 0 Å². The molecule has 0 saturated carbocycles. The van der Waals surface area contributed by atoms with Crippen LogP contribution >= 0.6 is 11.6 Å². The largest absolute Gasteiger partial charge is 0.459 e. The summed E-state index contributed by atoms with van der Waals surface area (Å²) in [5, 5.41) is -0.784. The van der Waals surface area contributed by atoms with Crippen molar-refractivity contribution in [3.05, 3.63) is 24.2 Å². The SMILES string of the molecule is CCCN(C(=O)Cl)C(=O)c1ccco1. The Labute approximate surface area is 86.4 Å². The van der Waals surface area contributed by atoms with Gasteiger partial charge in [0.05, 0.1) is 6.26 Å². The average molecular weight is 216 g/mol. The molecular formula is C9H10ClNO3. The third-order valence-corrected chi connectivity index (χ3v) is 1.84. The van der Waals surface area contributed by atoms with Crippen molar-refractivity contribution in [3.8, 4) is 0 Å². The summed E-state index contributed by atoms with van der Waals surface area (Å²) in [6.45, 7) is 2.14. The molecule has 0 fully saturated rings. The zero-order valence-electron chi connectivity index (χ0n) is 7.70. The first kappa shape index (κ1) is 10.8. The van der Waals surface area contributed by atoms with E-state index in [0.29, 0.717) is 13.0 Å². The van der Waals surface area contributed by atoms with Crippen LogP contribution in [0.15, 0.2) is 22.8 Å². The van der Waals surface area contributed by atoms with Crippen molar-refractivity contribution >= 4 is 22.9 Å². The van der Waals surface area contributed by atoms with Gasteiger partial charge in [-0.3, -0.25) is 14.5 Å². The Balaban J connectivity index is 2.79. The molecule has 14 heavy (non-hydrogen) atoms. The summed E-state index contributed by atoms with van der Waals surface area (Å²) in [5.41, 5.74) is 0. The van der Waals surface area contributed by atoms with Gasteiger partial charge in [0.1, 0.15) is 0 Å². The number of nitrogens with zero attached hydrogens (tertiary/aromatic N) is 1. The predicted molar refractivity (Wildman–Crippen MR) is 51.3 cm³/mol. The summed E-state index contributed by atoms with van der Waals surface area (Å²) >= 11 is 5.26. The molecule has 0 aliphatic heterocycles. The number of furan rings is 1. The van der Waals surface area contributed by atoms with Crippen LogP contribution in [-0.4, -0.2) is 22.7 Å². The Morgan fingerprint density at radius 1 is 1.57 bits per heavy atom. The van der Waals surface area contributed by atoms with Crippen molar-refractivity contribution in [3.63, 3.8) is 0 Å². The maximum atomic E-state index is 11.6. The number of halogens is 1. The number of carbonyl (C=O) groups is 2. The molecule has 0 atom stereocenters. The molecule has 1 aromatic heterocycles. The molecule has 0 bridgehead atoms. The summed E-state index contributed by atoms with van der Waals surface area (Å²) in [6.07, 6.45) is 2.03. The van der Waals surface area contributed by atoms with E-state index in [1.807, 2.05) is 6.92 Å². The Bertz CT molecular complexity index is 321. The van der Waals surface area contributed by atoms with Crippen LogP contribution in [0.1, 0.15) is 23.9 Å². The molecule has 1 aromatic rings. The number of hydrogen-bond acceptors (Lipinski definition) is 3. The summed E-state index contributed by atoms with van der Waals surface area (Å²) in [5.74, 6) is -0.385. The highest BCUT2D eigenvalue weighted by Gasteiger charge is 2.22. The Kier molecular flexibility index (Phi) is 3.71. The zero-order chi connectivity index (χ0) is 10.6. The Morgan fingerprint density at radius 3 is 2.71 bits per heavy atom. The number of carbonyl (C=O) groups excluding carboxylic acids is 2. The molecule has 0 aliphatic carbocycles. The lowest BCUT2D eigenvalue weighted by atomic mass is 10.3. The standard InChI is InChI=1S/C9H10ClNO3/c1-2-5-11(9(10)13)8(12)7-4-3-6-14-7/h3-4,6H,2,5H2,1H3. The van der Waals surface area contributed by atoms with Crippen LogP contribution in [0.2, 0.25) is 0 Å². The monoisotopic (exact) mass is 215 g/mol. The molecule has 1 heterocycles.